The maximum atomic E-state index is 11.8. The van der Waals surface area contributed by atoms with Crippen LogP contribution in [0.3, 0.4) is 0 Å². The van der Waals surface area contributed by atoms with E-state index in [1.807, 2.05) is 19.1 Å². The molecule has 1 N–H and O–H groups in total. The predicted octanol–water partition coefficient (Wildman–Crippen LogP) is 2.96. The Hall–Kier alpha value is -1.46. The lowest BCUT2D eigenvalue weighted by molar-refractivity contribution is 0.0944. The lowest BCUT2D eigenvalue weighted by Crippen LogP contribution is -2.33. The minimum atomic E-state index is -0.194. The maximum Gasteiger partial charge on any atom is 0.252 e. The molecule has 0 radical (unpaired) electrons. The fraction of sp³-hybridized carbons (Fsp3) is 0.357. The van der Waals surface area contributed by atoms with E-state index in [2.05, 4.69) is 11.2 Å². The van der Waals surface area contributed by atoms with Crippen molar-refractivity contribution in [2.75, 3.05) is 0 Å². The number of carbonyl (C=O) groups excluding carboxylic acids is 1. The summed E-state index contributed by atoms with van der Waals surface area (Å²) in [6.45, 7) is 2.03. The van der Waals surface area contributed by atoms with Gasteiger partial charge in [-0.1, -0.05) is 31.4 Å². The van der Waals surface area contributed by atoms with Crippen LogP contribution in [0.1, 0.15) is 35.7 Å². The first kappa shape index (κ1) is 13.6. The van der Waals surface area contributed by atoms with Crippen LogP contribution in [0.5, 0.6) is 0 Å². The Bertz CT molecular complexity index is 405. The molecular formula is C14H16ClNO. The Morgan fingerprint density at radius 2 is 2.12 bits per heavy atom. The second kappa shape index (κ2) is 6.98. The Morgan fingerprint density at radius 3 is 2.59 bits per heavy atom. The van der Waals surface area contributed by atoms with Crippen LogP contribution in [0.15, 0.2) is 24.3 Å². The van der Waals surface area contributed by atoms with Gasteiger partial charge < -0.3 is 5.32 Å². The van der Waals surface area contributed by atoms with E-state index < -0.39 is 0 Å². The van der Waals surface area contributed by atoms with E-state index in [1.165, 1.54) is 0 Å². The van der Waals surface area contributed by atoms with E-state index in [0.717, 1.165) is 18.4 Å². The van der Waals surface area contributed by atoms with Gasteiger partial charge in [-0.15, -0.1) is 18.0 Å². The third kappa shape index (κ3) is 4.13. The first-order chi connectivity index (χ1) is 8.21. The summed E-state index contributed by atoms with van der Waals surface area (Å²) in [6, 6.07) is 7.00. The molecule has 0 fully saturated rings. The fourth-order valence-corrected chi connectivity index (χ4v) is 1.65. The van der Waals surface area contributed by atoms with E-state index in [0.29, 0.717) is 11.4 Å². The molecule has 0 spiro atoms. The molecule has 0 saturated heterocycles. The number of alkyl halides is 1. The molecule has 0 saturated carbocycles. The molecule has 0 bridgehead atoms. The molecule has 0 aromatic heterocycles. The van der Waals surface area contributed by atoms with Crippen LogP contribution in [-0.4, -0.2) is 11.9 Å². The molecule has 0 aliphatic carbocycles. The molecule has 1 unspecified atom stereocenters. The van der Waals surface area contributed by atoms with Crippen LogP contribution in [0, 0.1) is 12.3 Å². The molecule has 1 rings (SSSR count). The fourth-order valence-electron chi connectivity index (χ4n) is 1.47. The van der Waals surface area contributed by atoms with Gasteiger partial charge in [0.15, 0.2) is 0 Å². The lowest BCUT2D eigenvalue weighted by atomic mass is 10.1. The molecule has 1 aromatic carbocycles. The second-order valence-corrected chi connectivity index (χ2v) is 4.08. The van der Waals surface area contributed by atoms with Crippen LogP contribution in [-0.2, 0) is 5.88 Å². The van der Waals surface area contributed by atoms with Crippen molar-refractivity contribution in [3.05, 3.63) is 35.4 Å². The largest absolute Gasteiger partial charge is 0.338 e. The highest BCUT2D eigenvalue weighted by atomic mass is 35.5. The van der Waals surface area contributed by atoms with Crippen LogP contribution < -0.4 is 5.32 Å². The summed E-state index contributed by atoms with van der Waals surface area (Å²) in [5.41, 5.74) is 1.60. The van der Waals surface area contributed by atoms with Crippen molar-refractivity contribution in [2.45, 2.75) is 31.7 Å². The van der Waals surface area contributed by atoms with Crippen molar-refractivity contribution in [3.8, 4) is 12.3 Å². The number of benzene rings is 1. The van der Waals surface area contributed by atoms with E-state index in [-0.39, 0.29) is 11.9 Å². The monoisotopic (exact) mass is 249 g/mol. The van der Waals surface area contributed by atoms with Crippen molar-refractivity contribution in [1.29, 1.82) is 0 Å². The minimum absolute atomic E-state index is 0.137. The average Bonchev–Trinajstić information content (AvgIpc) is 2.38. The quantitative estimate of drug-likeness (QED) is 0.631. The van der Waals surface area contributed by atoms with Gasteiger partial charge in [-0.2, -0.15) is 0 Å². The topological polar surface area (TPSA) is 29.1 Å². The van der Waals surface area contributed by atoms with Gasteiger partial charge in [0.1, 0.15) is 0 Å². The van der Waals surface area contributed by atoms with Crippen molar-refractivity contribution < 1.29 is 4.79 Å². The van der Waals surface area contributed by atoms with Gasteiger partial charge in [0.2, 0.25) is 0 Å². The zero-order chi connectivity index (χ0) is 12.7. The molecule has 1 atom stereocenters. The molecule has 0 heterocycles. The van der Waals surface area contributed by atoms with Crippen LogP contribution in [0.4, 0.5) is 0 Å². The highest BCUT2D eigenvalue weighted by Gasteiger charge is 2.10. The number of hydrogen-bond acceptors (Lipinski definition) is 1. The molecule has 90 valence electrons. The predicted molar refractivity (Wildman–Crippen MR) is 71.0 cm³/mol. The van der Waals surface area contributed by atoms with Gasteiger partial charge in [-0.25, -0.2) is 0 Å². The van der Waals surface area contributed by atoms with Gasteiger partial charge >= 0.3 is 0 Å². The van der Waals surface area contributed by atoms with Gasteiger partial charge in [0, 0.05) is 11.4 Å². The van der Waals surface area contributed by atoms with Crippen molar-refractivity contribution in [1.82, 2.24) is 5.32 Å². The van der Waals surface area contributed by atoms with Crippen molar-refractivity contribution in [2.24, 2.45) is 0 Å². The molecule has 1 aromatic rings. The standard InChI is InChI=1S/C14H16ClNO/c1-3-5-13(4-2)16-14(17)12-8-6-11(10-15)7-9-12/h2,6-9,13H,3,5,10H2,1H3,(H,16,17). The molecule has 17 heavy (non-hydrogen) atoms. The van der Waals surface area contributed by atoms with Crippen LogP contribution in [0.2, 0.25) is 0 Å². The Balaban J connectivity index is 2.66. The number of amides is 1. The zero-order valence-corrected chi connectivity index (χ0v) is 10.6. The van der Waals surface area contributed by atoms with E-state index in [1.54, 1.807) is 12.1 Å². The highest BCUT2D eigenvalue weighted by Crippen LogP contribution is 2.07. The average molecular weight is 250 g/mol. The summed E-state index contributed by atoms with van der Waals surface area (Å²) in [4.78, 5) is 11.8. The molecule has 2 nitrogen and oxygen atoms in total. The number of carbonyl (C=O) groups is 1. The summed E-state index contributed by atoms with van der Waals surface area (Å²) < 4.78 is 0. The summed E-state index contributed by atoms with van der Waals surface area (Å²) in [5, 5.41) is 2.81. The van der Waals surface area contributed by atoms with Gasteiger partial charge in [0.05, 0.1) is 6.04 Å². The number of halogens is 1. The Morgan fingerprint density at radius 1 is 1.47 bits per heavy atom. The number of rotatable bonds is 5. The summed E-state index contributed by atoms with van der Waals surface area (Å²) >= 11 is 5.68. The Kier molecular flexibility index (Phi) is 5.59. The van der Waals surface area contributed by atoms with Gasteiger partial charge in [0.25, 0.3) is 5.91 Å². The van der Waals surface area contributed by atoms with E-state index >= 15 is 0 Å². The van der Waals surface area contributed by atoms with Crippen LogP contribution in [0.25, 0.3) is 0 Å². The summed E-state index contributed by atoms with van der Waals surface area (Å²) in [6.07, 6.45) is 7.09. The first-order valence-electron chi connectivity index (χ1n) is 5.63. The second-order valence-electron chi connectivity index (χ2n) is 3.81. The van der Waals surface area contributed by atoms with Gasteiger partial charge in [-0.3, -0.25) is 4.79 Å². The highest BCUT2D eigenvalue weighted by molar-refractivity contribution is 6.17. The molecule has 0 aliphatic heterocycles. The van der Waals surface area contributed by atoms with Crippen molar-refractivity contribution in [3.63, 3.8) is 0 Å². The first-order valence-corrected chi connectivity index (χ1v) is 6.16. The number of nitrogens with one attached hydrogen (secondary N) is 1. The normalized spacial score (nSPS) is 11.6. The van der Waals surface area contributed by atoms with E-state index in [4.69, 9.17) is 18.0 Å². The van der Waals surface area contributed by atoms with Crippen LogP contribution >= 0.6 is 11.6 Å². The number of terminal acetylenes is 1. The third-order valence-corrected chi connectivity index (χ3v) is 2.76. The smallest absolute Gasteiger partial charge is 0.252 e. The minimum Gasteiger partial charge on any atom is -0.338 e. The SMILES string of the molecule is C#CC(CCC)NC(=O)c1ccc(CCl)cc1. The summed E-state index contributed by atoms with van der Waals surface area (Å²) in [5.74, 6) is 2.89. The zero-order valence-electron chi connectivity index (χ0n) is 9.87. The maximum absolute atomic E-state index is 11.8. The third-order valence-electron chi connectivity index (χ3n) is 2.45. The number of hydrogen-bond donors (Lipinski definition) is 1. The molecular weight excluding hydrogens is 234 g/mol. The van der Waals surface area contributed by atoms with Gasteiger partial charge in [-0.05, 0) is 24.1 Å². The Labute approximate surface area is 107 Å². The molecule has 0 aliphatic rings. The lowest BCUT2D eigenvalue weighted by Gasteiger charge is -2.12. The van der Waals surface area contributed by atoms with E-state index in [9.17, 15) is 4.79 Å². The molecule has 1 amide bonds. The van der Waals surface area contributed by atoms with Crippen molar-refractivity contribution >= 4 is 17.5 Å². The summed E-state index contributed by atoms with van der Waals surface area (Å²) in [7, 11) is 0. The molecule has 3 heteroatoms.